The standard InChI is InChI=1S/C11H17N3/c1-11(2,9-13)5-7-14-6-3-4-10(14)8-12/h3-4,6H,5,7-8,12H2,1-2H3. The Balaban J connectivity index is 2.59. The van der Waals surface area contributed by atoms with Gasteiger partial charge in [-0.05, 0) is 32.4 Å². The van der Waals surface area contributed by atoms with Crippen LogP contribution in [-0.2, 0) is 13.1 Å². The molecule has 0 saturated carbocycles. The monoisotopic (exact) mass is 191 g/mol. The maximum absolute atomic E-state index is 8.87. The zero-order chi connectivity index (χ0) is 10.6. The maximum atomic E-state index is 8.87. The molecule has 1 aromatic rings. The average Bonchev–Trinajstić information content (AvgIpc) is 2.62. The van der Waals surface area contributed by atoms with Crippen LogP contribution >= 0.6 is 0 Å². The van der Waals surface area contributed by atoms with Gasteiger partial charge in [0, 0.05) is 25.0 Å². The third kappa shape index (κ3) is 2.61. The van der Waals surface area contributed by atoms with Crippen LogP contribution in [0.15, 0.2) is 18.3 Å². The van der Waals surface area contributed by atoms with Gasteiger partial charge in [0.15, 0.2) is 0 Å². The van der Waals surface area contributed by atoms with E-state index in [1.54, 1.807) is 0 Å². The topological polar surface area (TPSA) is 54.7 Å². The maximum Gasteiger partial charge on any atom is 0.0684 e. The molecule has 1 rings (SSSR count). The Morgan fingerprint density at radius 2 is 2.29 bits per heavy atom. The van der Waals surface area contributed by atoms with Crippen LogP contribution < -0.4 is 5.73 Å². The second-order valence-electron chi connectivity index (χ2n) is 4.14. The van der Waals surface area contributed by atoms with Crippen LogP contribution in [0.2, 0.25) is 0 Å². The molecule has 14 heavy (non-hydrogen) atoms. The number of hydrogen-bond donors (Lipinski definition) is 1. The molecular weight excluding hydrogens is 174 g/mol. The van der Waals surface area contributed by atoms with Gasteiger partial charge in [0.2, 0.25) is 0 Å². The molecule has 2 N–H and O–H groups in total. The molecule has 0 spiro atoms. The van der Waals surface area contributed by atoms with Gasteiger partial charge in [-0.2, -0.15) is 5.26 Å². The molecule has 0 fully saturated rings. The second kappa shape index (κ2) is 4.30. The summed E-state index contributed by atoms with van der Waals surface area (Å²) in [6.45, 7) is 5.33. The highest BCUT2D eigenvalue weighted by Crippen LogP contribution is 2.20. The highest BCUT2D eigenvalue weighted by atomic mass is 15.0. The Kier molecular flexibility index (Phi) is 3.32. The molecule has 0 atom stereocenters. The van der Waals surface area contributed by atoms with E-state index in [1.165, 1.54) is 0 Å². The summed E-state index contributed by atoms with van der Waals surface area (Å²) >= 11 is 0. The zero-order valence-electron chi connectivity index (χ0n) is 8.83. The van der Waals surface area contributed by atoms with E-state index in [-0.39, 0.29) is 5.41 Å². The number of nitrogens with zero attached hydrogens (tertiary/aromatic N) is 2. The van der Waals surface area contributed by atoms with Crippen molar-refractivity contribution in [1.82, 2.24) is 4.57 Å². The molecule has 0 aliphatic rings. The Bertz CT molecular complexity index is 331. The smallest absolute Gasteiger partial charge is 0.0684 e. The number of nitrogens with two attached hydrogens (primary N) is 1. The normalized spacial score (nSPS) is 11.3. The summed E-state index contributed by atoms with van der Waals surface area (Å²) in [5.41, 5.74) is 6.45. The Morgan fingerprint density at radius 3 is 2.86 bits per heavy atom. The third-order valence-corrected chi connectivity index (χ3v) is 2.41. The van der Waals surface area contributed by atoms with E-state index >= 15 is 0 Å². The molecule has 0 aliphatic carbocycles. The summed E-state index contributed by atoms with van der Waals surface area (Å²) in [6, 6.07) is 6.30. The van der Waals surface area contributed by atoms with E-state index in [0.29, 0.717) is 6.54 Å². The van der Waals surface area contributed by atoms with Gasteiger partial charge >= 0.3 is 0 Å². The third-order valence-electron chi connectivity index (χ3n) is 2.41. The first-order valence-corrected chi connectivity index (χ1v) is 4.84. The Hall–Kier alpha value is -1.27. The summed E-state index contributed by atoms with van der Waals surface area (Å²) in [5.74, 6) is 0. The quantitative estimate of drug-likeness (QED) is 0.790. The average molecular weight is 191 g/mol. The van der Waals surface area contributed by atoms with Gasteiger partial charge in [-0.25, -0.2) is 0 Å². The number of aryl methyl sites for hydroxylation is 1. The highest BCUT2D eigenvalue weighted by Gasteiger charge is 2.16. The van der Waals surface area contributed by atoms with Crippen LogP contribution in [0.5, 0.6) is 0 Å². The van der Waals surface area contributed by atoms with E-state index in [4.69, 9.17) is 11.0 Å². The molecule has 0 bridgehead atoms. The van der Waals surface area contributed by atoms with Crippen molar-refractivity contribution in [2.24, 2.45) is 11.1 Å². The number of nitriles is 1. The van der Waals surface area contributed by atoms with Gasteiger partial charge in [-0.1, -0.05) is 0 Å². The van der Waals surface area contributed by atoms with Gasteiger partial charge in [0.05, 0.1) is 11.5 Å². The van der Waals surface area contributed by atoms with Crippen molar-refractivity contribution in [3.05, 3.63) is 24.0 Å². The van der Waals surface area contributed by atoms with Crippen molar-refractivity contribution in [2.45, 2.75) is 33.4 Å². The van der Waals surface area contributed by atoms with Crippen LogP contribution in [0.3, 0.4) is 0 Å². The van der Waals surface area contributed by atoms with E-state index in [1.807, 2.05) is 32.2 Å². The minimum absolute atomic E-state index is 0.254. The van der Waals surface area contributed by atoms with Crippen molar-refractivity contribution in [3.63, 3.8) is 0 Å². The molecule has 76 valence electrons. The largest absolute Gasteiger partial charge is 0.350 e. The van der Waals surface area contributed by atoms with Crippen LogP contribution in [0.1, 0.15) is 26.0 Å². The van der Waals surface area contributed by atoms with Crippen LogP contribution in [0.4, 0.5) is 0 Å². The number of rotatable bonds is 4. The molecule has 0 saturated heterocycles. The fourth-order valence-electron chi connectivity index (χ4n) is 1.31. The molecule has 0 aromatic carbocycles. The minimum Gasteiger partial charge on any atom is -0.350 e. The van der Waals surface area contributed by atoms with Gasteiger partial charge in [-0.3, -0.25) is 0 Å². The predicted octanol–water partition coefficient (Wildman–Crippen LogP) is 1.89. The fourth-order valence-corrected chi connectivity index (χ4v) is 1.31. The van der Waals surface area contributed by atoms with Crippen LogP contribution in [0.25, 0.3) is 0 Å². The van der Waals surface area contributed by atoms with Crippen LogP contribution in [-0.4, -0.2) is 4.57 Å². The summed E-state index contributed by atoms with van der Waals surface area (Å²) in [7, 11) is 0. The summed E-state index contributed by atoms with van der Waals surface area (Å²) in [6.07, 6.45) is 2.86. The first kappa shape index (κ1) is 10.8. The van der Waals surface area contributed by atoms with Gasteiger partial charge in [0.25, 0.3) is 0 Å². The first-order chi connectivity index (χ1) is 6.59. The van der Waals surface area contributed by atoms with Gasteiger partial charge < -0.3 is 10.3 Å². The van der Waals surface area contributed by atoms with Crippen molar-refractivity contribution < 1.29 is 0 Å². The highest BCUT2D eigenvalue weighted by molar-refractivity contribution is 5.06. The fraction of sp³-hybridized carbons (Fsp3) is 0.545. The van der Waals surface area contributed by atoms with E-state index in [9.17, 15) is 0 Å². The lowest BCUT2D eigenvalue weighted by molar-refractivity contribution is 0.410. The second-order valence-corrected chi connectivity index (χ2v) is 4.14. The molecule has 3 heteroatoms. The molecule has 0 aliphatic heterocycles. The lowest BCUT2D eigenvalue weighted by Gasteiger charge is -2.16. The Morgan fingerprint density at radius 1 is 1.57 bits per heavy atom. The number of aromatic nitrogens is 1. The summed E-state index contributed by atoms with van der Waals surface area (Å²) < 4.78 is 2.11. The lowest BCUT2D eigenvalue weighted by Crippen LogP contribution is -2.14. The predicted molar refractivity (Wildman–Crippen MR) is 56.3 cm³/mol. The van der Waals surface area contributed by atoms with E-state index in [0.717, 1.165) is 18.7 Å². The molecular formula is C11H17N3. The van der Waals surface area contributed by atoms with Crippen LogP contribution in [0, 0.1) is 16.7 Å². The summed E-state index contributed by atoms with van der Waals surface area (Å²) in [4.78, 5) is 0. The van der Waals surface area contributed by atoms with Crippen molar-refractivity contribution in [2.75, 3.05) is 0 Å². The molecule has 1 aromatic heterocycles. The number of hydrogen-bond acceptors (Lipinski definition) is 2. The van der Waals surface area contributed by atoms with E-state index < -0.39 is 0 Å². The lowest BCUT2D eigenvalue weighted by atomic mass is 9.91. The van der Waals surface area contributed by atoms with Crippen molar-refractivity contribution in [3.8, 4) is 6.07 Å². The zero-order valence-corrected chi connectivity index (χ0v) is 8.83. The SMILES string of the molecule is CC(C)(C#N)CCn1cccc1CN. The minimum atomic E-state index is -0.254. The summed E-state index contributed by atoms with van der Waals surface area (Å²) in [5, 5.41) is 8.87. The van der Waals surface area contributed by atoms with Gasteiger partial charge in [0.1, 0.15) is 0 Å². The Labute approximate surface area is 85.1 Å². The first-order valence-electron chi connectivity index (χ1n) is 4.84. The molecule has 0 amide bonds. The van der Waals surface area contributed by atoms with E-state index in [2.05, 4.69) is 10.6 Å². The molecule has 1 heterocycles. The molecule has 0 radical (unpaired) electrons. The molecule has 0 unspecified atom stereocenters. The van der Waals surface area contributed by atoms with Crippen molar-refractivity contribution in [1.29, 1.82) is 5.26 Å². The van der Waals surface area contributed by atoms with Crippen molar-refractivity contribution >= 4 is 0 Å². The molecule has 3 nitrogen and oxygen atoms in total. The van der Waals surface area contributed by atoms with Gasteiger partial charge in [-0.15, -0.1) is 0 Å².